The van der Waals surface area contributed by atoms with Gasteiger partial charge in [0.05, 0.1) is 17.6 Å². The minimum absolute atomic E-state index is 0.0123. The van der Waals surface area contributed by atoms with Gasteiger partial charge in [0.1, 0.15) is 6.07 Å². The van der Waals surface area contributed by atoms with Crippen LogP contribution in [-0.2, 0) is 6.42 Å². The van der Waals surface area contributed by atoms with E-state index in [1.165, 1.54) is 24.5 Å². The van der Waals surface area contributed by atoms with E-state index in [1.807, 2.05) is 6.92 Å². The Balaban J connectivity index is 2.16. The maximum absolute atomic E-state index is 15.2. The highest BCUT2D eigenvalue weighted by Crippen LogP contribution is 2.28. The highest BCUT2D eigenvalue weighted by atomic mass is 19.2. The largest absolute Gasteiger partial charge is 0.339 e. The van der Waals surface area contributed by atoms with E-state index in [2.05, 4.69) is 4.98 Å². The van der Waals surface area contributed by atoms with Crippen molar-refractivity contribution >= 4 is 0 Å². The molecule has 2 aromatic heterocycles. The molecular formula is C27H20F4N4O2. The highest BCUT2D eigenvalue weighted by molar-refractivity contribution is 5.66. The highest BCUT2D eigenvalue weighted by Gasteiger charge is 2.27. The summed E-state index contributed by atoms with van der Waals surface area (Å²) in [5, 5.41) is 9.42. The van der Waals surface area contributed by atoms with Crippen LogP contribution in [0.15, 0.2) is 58.4 Å². The Hall–Kier alpha value is -4.52. The van der Waals surface area contributed by atoms with E-state index in [-0.39, 0.29) is 28.1 Å². The Morgan fingerprint density at radius 1 is 0.973 bits per heavy atom. The van der Waals surface area contributed by atoms with Crippen molar-refractivity contribution in [2.24, 2.45) is 0 Å². The average molecular weight is 508 g/mol. The van der Waals surface area contributed by atoms with E-state index < -0.39 is 41.4 Å². The van der Waals surface area contributed by atoms with Crippen LogP contribution in [0.2, 0.25) is 0 Å². The SMILES string of the molecule is Cc1cncc(-n2c(=O)c(Cc3cc(F)c(F)c(F)c3)c(-c3ccc(C)c(C)c3)n(C(F)C#N)c2=O)c1. The fourth-order valence-electron chi connectivity index (χ4n) is 4.10. The molecule has 2 aromatic carbocycles. The first-order chi connectivity index (χ1) is 17.5. The lowest BCUT2D eigenvalue weighted by Crippen LogP contribution is -2.42. The number of halogens is 4. The van der Waals surface area contributed by atoms with Crippen LogP contribution < -0.4 is 11.2 Å². The summed E-state index contributed by atoms with van der Waals surface area (Å²) in [6.45, 7) is 5.26. The molecule has 0 bridgehead atoms. The third-order valence-electron chi connectivity index (χ3n) is 6.04. The molecule has 0 fully saturated rings. The second-order valence-electron chi connectivity index (χ2n) is 8.65. The molecule has 0 radical (unpaired) electrons. The van der Waals surface area contributed by atoms with Crippen molar-refractivity contribution in [3.05, 3.63) is 115 Å². The number of nitrogens with zero attached hydrogens (tertiary/aromatic N) is 4. The number of alkyl halides is 1. The van der Waals surface area contributed by atoms with Gasteiger partial charge in [0.25, 0.3) is 11.9 Å². The van der Waals surface area contributed by atoms with Crippen LogP contribution in [0.25, 0.3) is 16.9 Å². The van der Waals surface area contributed by atoms with Gasteiger partial charge < -0.3 is 0 Å². The predicted molar refractivity (Wildman–Crippen MR) is 129 cm³/mol. The van der Waals surface area contributed by atoms with Gasteiger partial charge in [-0.1, -0.05) is 12.1 Å². The Labute approximate surface area is 208 Å². The number of aryl methyl sites for hydroxylation is 3. The van der Waals surface area contributed by atoms with Gasteiger partial charge in [0, 0.05) is 18.2 Å². The zero-order chi connectivity index (χ0) is 27.0. The number of hydrogen-bond acceptors (Lipinski definition) is 4. The topological polar surface area (TPSA) is 80.7 Å². The molecule has 2 heterocycles. The molecule has 6 nitrogen and oxygen atoms in total. The van der Waals surface area contributed by atoms with Crippen LogP contribution in [0, 0.1) is 49.6 Å². The molecule has 4 aromatic rings. The van der Waals surface area contributed by atoms with Gasteiger partial charge in [0.2, 0.25) is 0 Å². The summed E-state index contributed by atoms with van der Waals surface area (Å²) in [7, 11) is 0. The second-order valence-corrected chi connectivity index (χ2v) is 8.65. The van der Waals surface area contributed by atoms with E-state index >= 15 is 4.39 Å². The summed E-state index contributed by atoms with van der Waals surface area (Å²) in [5.74, 6) is -4.63. The van der Waals surface area contributed by atoms with Crippen LogP contribution in [0.5, 0.6) is 0 Å². The van der Waals surface area contributed by atoms with Crippen molar-refractivity contribution in [3.63, 3.8) is 0 Å². The lowest BCUT2D eigenvalue weighted by atomic mass is 9.97. The summed E-state index contributed by atoms with van der Waals surface area (Å²) >= 11 is 0. The fraction of sp³-hybridized carbons (Fsp3) is 0.185. The zero-order valence-electron chi connectivity index (χ0n) is 20.0. The molecule has 188 valence electrons. The Bertz CT molecular complexity index is 1680. The molecule has 0 spiro atoms. The smallest absolute Gasteiger partial charge is 0.268 e. The number of rotatable bonds is 5. The van der Waals surface area contributed by atoms with E-state index in [4.69, 9.17) is 0 Å². The van der Waals surface area contributed by atoms with Crippen molar-refractivity contribution in [1.82, 2.24) is 14.1 Å². The number of hydrogen-bond donors (Lipinski definition) is 0. The van der Waals surface area contributed by atoms with E-state index in [0.717, 1.165) is 11.1 Å². The van der Waals surface area contributed by atoms with Crippen molar-refractivity contribution < 1.29 is 17.6 Å². The number of benzene rings is 2. The van der Waals surface area contributed by atoms with Crippen molar-refractivity contribution in [2.75, 3.05) is 0 Å². The first-order valence-corrected chi connectivity index (χ1v) is 11.1. The first kappa shape index (κ1) is 25.6. The van der Waals surface area contributed by atoms with Crippen molar-refractivity contribution in [3.8, 4) is 23.0 Å². The lowest BCUT2D eigenvalue weighted by molar-refractivity contribution is 0.304. The lowest BCUT2D eigenvalue weighted by Gasteiger charge is -2.20. The maximum Gasteiger partial charge on any atom is 0.339 e. The van der Waals surface area contributed by atoms with Gasteiger partial charge in [-0.2, -0.15) is 5.26 Å². The van der Waals surface area contributed by atoms with Gasteiger partial charge in [-0.05, 0) is 72.9 Å². The molecule has 0 N–H and O–H groups in total. The molecule has 0 aliphatic rings. The fourth-order valence-corrected chi connectivity index (χ4v) is 4.10. The average Bonchev–Trinajstić information content (AvgIpc) is 2.85. The van der Waals surface area contributed by atoms with Crippen molar-refractivity contribution in [1.29, 1.82) is 5.26 Å². The molecule has 1 atom stereocenters. The minimum Gasteiger partial charge on any atom is -0.268 e. The minimum atomic E-state index is -2.51. The molecule has 0 amide bonds. The molecule has 10 heteroatoms. The van der Waals surface area contributed by atoms with Crippen LogP contribution in [0.1, 0.15) is 34.1 Å². The normalized spacial score (nSPS) is 11.8. The summed E-state index contributed by atoms with van der Waals surface area (Å²) < 4.78 is 58.0. The van der Waals surface area contributed by atoms with Crippen LogP contribution in [-0.4, -0.2) is 14.1 Å². The van der Waals surface area contributed by atoms with Gasteiger partial charge in [-0.25, -0.2) is 31.5 Å². The molecule has 1 unspecified atom stereocenters. The molecule has 37 heavy (non-hydrogen) atoms. The van der Waals surface area contributed by atoms with E-state index in [1.54, 1.807) is 32.0 Å². The molecule has 0 saturated heterocycles. The Kier molecular flexibility index (Phi) is 6.81. The summed E-state index contributed by atoms with van der Waals surface area (Å²) in [4.78, 5) is 31.3. The number of pyridine rings is 1. The van der Waals surface area contributed by atoms with Crippen LogP contribution in [0.3, 0.4) is 0 Å². The molecular weight excluding hydrogens is 488 g/mol. The van der Waals surface area contributed by atoms with E-state index in [9.17, 15) is 28.0 Å². The van der Waals surface area contributed by atoms with Crippen molar-refractivity contribution in [2.45, 2.75) is 33.5 Å². The zero-order valence-corrected chi connectivity index (χ0v) is 20.0. The second kappa shape index (κ2) is 9.85. The number of nitriles is 1. The summed E-state index contributed by atoms with van der Waals surface area (Å²) in [5.41, 5.74) is -0.168. The van der Waals surface area contributed by atoms with E-state index in [0.29, 0.717) is 26.8 Å². The predicted octanol–water partition coefficient (Wildman–Crippen LogP) is 4.99. The molecule has 4 rings (SSSR count). The molecule has 0 aliphatic carbocycles. The summed E-state index contributed by atoms with van der Waals surface area (Å²) in [6.07, 6.45) is -0.299. The molecule has 0 saturated carbocycles. The van der Waals surface area contributed by atoms with Crippen LogP contribution in [0.4, 0.5) is 17.6 Å². The summed E-state index contributed by atoms with van der Waals surface area (Å²) in [6, 6.07) is 9.13. The third kappa shape index (κ3) is 4.68. The van der Waals surface area contributed by atoms with Gasteiger partial charge in [-0.15, -0.1) is 0 Å². The maximum atomic E-state index is 15.2. The Morgan fingerprint density at radius 2 is 1.65 bits per heavy atom. The Morgan fingerprint density at radius 3 is 2.24 bits per heavy atom. The monoisotopic (exact) mass is 508 g/mol. The standard InChI is InChI=1S/C27H20F4N4O2/c1-14-6-19(13-33-12-14)34-26(36)20(8-17-9-21(28)24(31)22(29)10-17)25(35(27(34)37)23(30)11-32)18-5-4-15(2)16(3)7-18/h4-7,9-10,12-13,23H,8H2,1-3H3. The molecule has 0 aliphatic heterocycles. The third-order valence-corrected chi connectivity index (χ3v) is 6.04. The van der Waals surface area contributed by atoms with Gasteiger partial charge >= 0.3 is 5.69 Å². The van der Waals surface area contributed by atoms with Gasteiger partial charge in [-0.3, -0.25) is 9.78 Å². The first-order valence-electron chi connectivity index (χ1n) is 11.1. The quantitative estimate of drug-likeness (QED) is 0.281. The number of aromatic nitrogens is 3. The van der Waals surface area contributed by atoms with Gasteiger partial charge in [0.15, 0.2) is 17.5 Å². The van der Waals surface area contributed by atoms with Crippen LogP contribution >= 0.6 is 0 Å².